The molecule has 6 nitrogen and oxygen atoms in total. The van der Waals surface area contributed by atoms with E-state index in [1.807, 2.05) is 31.2 Å². The third-order valence-electron chi connectivity index (χ3n) is 4.22. The molecule has 2 heterocycles. The second-order valence-electron chi connectivity index (χ2n) is 6.22. The number of aliphatic hydroxyl groups is 1. The zero-order chi connectivity index (χ0) is 17.4. The Kier molecular flexibility index (Phi) is 3.82. The predicted molar refractivity (Wildman–Crippen MR) is 91.8 cm³/mol. The molecule has 4 rings (SSSR count). The van der Waals surface area contributed by atoms with Crippen LogP contribution in [0.25, 0.3) is 22.9 Å². The van der Waals surface area contributed by atoms with Gasteiger partial charge in [-0.2, -0.15) is 0 Å². The van der Waals surface area contributed by atoms with Crippen LogP contribution in [0.4, 0.5) is 0 Å². The molecule has 1 aliphatic rings. The monoisotopic (exact) mass is 335 g/mol. The van der Waals surface area contributed by atoms with Crippen LogP contribution < -0.4 is 0 Å². The van der Waals surface area contributed by atoms with Gasteiger partial charge in [0.05, 0.1) is 6.10 Å². The first-order valence-electron chi connectivity index (χ1n) is 8.08. The van der Waals surface area contributed by atoms with Gasteiger partial charge in [0.1, 0.15) is 0 Å². The normalized spacial score (nSPS) is 14.4. The zero-order valence-electron chi connectivity index (χ0n) is 13.7. The second-order valence-corrected chi connectivity index (χ2v) is 6.22. The molecule has 2 aromatic carbocycles. The van der Waals surface area contributed by atoms with Crippen LogP contribution in [-0.2, 0) is 0 Å². The van der Waals surface area contributed by atoms with Gasteiger partial charge < -0.3 is 14.4 Å². The van der Waals surface area contributed by atoms with Crippen molar-refractivity contribution in [1.29, 1.82) is 0 Å². The summed E-state index contributed by atoms with van der Waals surface area (Å²) in [7, 11) is 0. The molecule has 0 spiro atoms. The molecule has 1 amide bonds. The van der Waals surface area contributed by atoms with Crippen LogP contribution in [0.15, 0.2) is 52.9 Å². The molecular weight excluding hydrogens is 318 g/mol. The van der Waals surface area contributed by atoms with Gasteiger partial charge >= 0.3 is 0 Å². The number of amides is 1. The minimum absolute atomic E-state index is 0.0807. The van der Waals surface area contributed by atoms with Crippen LogP contribution >= 0.6 is 0 Å². The Labute approximate surface area is 144 Å². The molecule has 1 fully saturated rings. The first kappa shape index (κ1) is 15.5. The standard InChI is InChI=1S/C19H17N3O3/c1-12-3-2-4-15(9-12)18-21-20-17(25-18)13-5-7-14(8-6-13)19(24)22-10-16(23)11-22/h2-9,16,23H,10-11H2,1H3. The quantitative estimate of drug-likeness (QED) is 0.795. The number of carbonyl (C=O) groups excluding carboxylic acids is 1. The molecule has 0 radical (unpaired) electrons. The molecule has 1 aromatic heterocycles. The number of aromatic nitrogens is 2. The SMILES string of the molecule is Cc1cccc(-c2nnc(-c3ccc(C(=O)N4CC(O)C4)cc3)o2)c1. The Bertz CT molecular complexity index is 912. The van der Waals surface area contributed by atoms with Crippen molar-refractivity contribution in [2.24, 2.45) is 0 Å². The molecule has 0 unspecified atom stereocenters. The lowest BCUT2D eigenvalue weighted by Crippen LogP contribution is -2.53. The average Bonchev–Trinajstić information content (AvgIpc) is 3.09. The van der Waals surface area contributed by atoms with Crippen LogP contribution in [0.5, 0.6) is 0 Å². The largest absolute Gasteiger partial charge is 0.416 e. The number of likely N-dealkylation sites (tertiary alicyclic amines) is 1. The lowest BCUT2D eigenvalue weighted by Gasteiger charge is -2.35. The van der Waals surface area contributed by atoms with E-state index in [4.69, 9.17) is 4.42 Å². The maximum Gasteiger partial charge on any atom is 0.254 e. The van der Waals surface area contributed by atoms with E-state index in [1.54, 1.807) is 29.2 Å². The van der Waals surface area contributed by atoms with Crippen molar-refractivity contribution < 1.29 is 14.3 Å². The molecule has 6 heteroatoms. The minimum Gasteiger partial charge on any atom is -0.416 e. The van der Waals surface area contributed by atoms with Crippen LogP contribution in [-0.4, -0.2) is 45.3 Å². The molecule has 126 valence electrons. The topological polar surface area (TPSA) is 79.5 Å². The molecule has 3 aromatic rings. The molecule has 1 aliphatic heterocycles. The summed E-state index contributed by atoms with van der Waals surface area (Å²) in [6.45, 7) is 2.79. The number of β-amino-alcohol motifs (C(OH)–C–C–N with tert-alkyl or cyclic N) is 1. The minimum atomic E-state index is -0.401. The number of benzene rings is 2. The summed E-state index contributed by atoms with van der Waals surface area (Å²) in [5, 5.41) is 17.5. The Morgan fingerprint density at radius 1 is 1.08 bits per heavy atom. The summed E-state index contributed by atoms with van der Waals surface area (Å²) in [5.41, 5.74) is 3.33. The van der Waals surface area contributed by atoms with Crippen LogP contribution in [0, 0.1) is 6.92 Å². The number of carbonyl (C=O) groups is 1. The van der Waals surface area contributed by atoms with E-state index in [0.717, 1.165) is 16.7 Å². The zero-order valence-corrected chi connectivity index (χ0v) is 13.7. The number of hydrogen-bond acceptors (Lipinski definition) is 5. The molecular formula is C19H17N3O3. The third kappa shape index (κ3) is 3.04. The van der Waals surface area contributed by atoms with Crippen LogP contribution in [0.3, 0.4) is 0 Å². The highest BCUT2D eigenvalue weighted by atomic mass is 16.4. The van der Waals surface area contributed by atoms with Gasteiger partial charge in [-0.1, -0.05) is 17.7 Å². The highest BCUT2D eigenvalue weighted by molar-refractivity contribution is 5.95. The Hall–Kier alpha value is -2.99. The van der Waals surface area contributed by atoms with Gasteiger partial charge in [0.15, 0.2) is 0 Å². The van der Waals surface area contributed by atoms with Gasteiger partial charge in [-0.05, 0) is 43.3 Å². The van der Waals surface area contributed by atoms with Gasteiger partial charge in [0, 0.05) is 29.8 Å². The molecule has 0 saturated carbocycles. The fraction of sp³-hybridized carbons (Fsp3) is 0.211. The van der Waals surface area contributed by atoms with E-state index >= 15 is 0 Å². The van der Waals surface area contributed by atoms with Crippen molar-refractivity contribution in [2.75, 3.05) is 13.1 Å². The predicted octanol–water partition coefficient (Wildman–Crippen LogP) is 2.53. The van der Waals surface area contributed by atoms with Crippen molar-refractivity contribution in [2.45, 2.75) is 13.0 Å². The first-order valence-corrected chi connectivity index (χ1v) is 8.08. The third-order valence-corrected chi connectivity index (χ3v) is 4.22. The number of hydrogen-bond donors (Lipinski definition) is 1. The molecule has 0 atom stereocenters. The van der Waals surface area contributed by atoms with Gasteiger partial charge in [0.25, 0.3) is 5.91 Å². The molecule has 1 N–H and O–H groups in total. The van der Waals surface area contributed by atoms with E-state index in [9.17, 15) is 9.90 Å². The highest BCUT2D eigenvalue weighted by Crippen LogP contribution is 2.25. The van der Waals surface area contributed by atoms with E-state index in [-0.39, 0.29) is 5.91 Å². The summed E-state index contributed by atoms with van der Waals surface area (Å²) in [6, 6.07) is 14.9. The second kappa shape index (κ2) is 6.14. The summed E-state index contributed by atoms with van der Waals surface area (Å²) >= 11 is 0. The van der Waals surface area contributed by atoms with Gasteiger partial charge in [-0.15, -0.1) is 10.2 Å². The van der Waals surface area contributed by atoms with Crippen molar-refractivity contribution >= 4 is 5.91 Å². The summed E-state index contributed by atoms with van der Waals surface area (Å²) in [4.78, 5) is 13.8. The number of rotatable bonds is 3. The van der Waals surface area contributed by atoms with Gasteiger partial charge in [-0.25, -0.2) is 0 Å². The van der Waals surface area contributed by atoms with Crippen molar-refractivity contribution in [3.05, 3.63) is 59.7 Å². The Morgan fingerprint density at radius 2 is 1.76 bits per heavy atom. The van der Waals surface area contributed by atoms with Crippen molar-refractivity contribution in [3.8, 4) is 22.9 Å². The lowest BCUT2D eigenvalue weighted by molar-refractivity contribution is 0.00589. The summed E-state index contributed by atoms with van der Waals surface area (Å²) < 4.78 is 5.75. The number of nitrogens with zero attached hydrogens (tertiary/aromatic N) is 3. The van der Waals surface area contributed by atoms with Gasteiger partial charge in [0.2, 0.25) is 11.8 Å². The maximum atomic E-state index is 12.2. The van der Waals surface area contributed by atoms with Crippen LogP contribution in [0.2, 0.25) is 0 Å². The fourth-order valence-corrected chi connectivity index (χ4v) is 2.79. The van der Waals surface area contributed by atoms with E-state index < -0.39 is 6.10 Å². The van der Waals surface area contributed by atoms with Crippen molar-refractivity contribution in [1.82, 2.24) is 15.1 Å². The van der Waals surface area contributed by atoms with Gasteiger partial charge in [-0.3, -0.25) is 4.79 Å². The van der Waals surface area contributed by atoms with E-state index in [1.165, 1.54) is 0 Å². The van der Waals surface area contributed by atoms with Crippen LogP contribution in [0.1, 0.15) is 15.9 Å². The molecule has 0 bridgehead atoms. The Balaban J connectivity index is 1.54. The smallest absolute Gasteiger partial charge is 0.254 e. The number of aryl methyl sites for hydroxylation is 1. The highest BCUT2D eigenvalue weighted by Gasteiger charge is 2.29. The molecule has 1 saturated heterocycles. The maximum absolute atomic E-state index is 12.2. The lowest BCUT2D eigenvalue weighted by atomic mass is 10.1. The average molecular weight is 335 g/mol. The fourth-order valence-electron chi connectivity index (χ4n) is 2.79. The summed E-state index contributed by atoms with van der Waals surface area (Å²) in [5.74, 6) is 0.797. The van der Waals surface area contributed by atoms with Crippen molar-refractivity contribution in [3.63, 3.8) is 0 Å². The first-order chi connectivity index (χ1) is 12.1. The van der Waals surface area contributed by atoms with E-state index in [0.29, 0.717) is 30.4 Å². The molecule has 0 aliphatic carbocycles. The molecule has 25 heavy (non-hydrogen) atoms. The summed E-state index contributed by atoms with van der Waals surface area (Å²) in [6.07, 6.45) is -0.401. The van der Waals surface area contributed by atoms with E-state index in [2.05, 4.69) is 10.2 Å². The Morgan fingerprint density at radius 3 is 2.40 bits per heavy atom. The number of aliphatic hydroxyl groups excluding tert-OH is 1.